The van der Waals surface area contributed by atoms with Gasteiger partial charge in [-0.15, -0.1) is 0 Å². The van der Waals surface area contributed by atoms with Crippen LogP contribution in [0.15, 0.2) is 12.3 Å². The fourth-order valence-electron chi connectivity index (χ4n) is 4.01. The van der Waals surface area contributed by atoms with Gasteiger partial charge in [-0.1, -0.05) is 0 Å². The Labute approximate surface area is 184 Å². The van der Waals surface area contributed by atoms with Crippen molar-refractivity contribution in [3.63, 3.8) is 0 Å². The van der Waals surface area contributed by atoms with Crippen molar-refractivity contribution in [2.45, 2.75) is 56.7 Å². The van der Waals surface area contributed by atoms with E-state index in [-0.39, 0.29) is 24.7 Å². The highest BCUT2D eigenvalue weighted by Crippen LogP contribution is 2.36. The van der Waals surface area contributed by atoms with Crippen LogP contribution < -0.4 is 4.74 Å². The molecule has 0 spiro atoms. The number of aromatic nitrogens is 1. The zero-order valence-corrected chi connectivity index (χ0v) is 18.5. The quantitative estimate of drug-likeness (QED) is 0.642. The summed E-state index contributed by atoms with van der Waals surface area (Å²) >= 11 is 0. The molecule has 1 saturated heterocycles. The van der Waals surface area contributed by atoms with Crippen molar-refractivity contribution >= 4 is 11.8 Å². The minimum Gasteiger partial charge on any atom is -0.474 e. The Morgan fingerprint density at radius 3 is 2.56 bits per heavy atom. The number of carbonyl (C=O) groups excluding carboxylic acids is 2. The van der Waals surface area contributed by atoms with E-state index in [4.69, 9.17) is 14.2 Å². The van der Waals surface area contributed by atoms with Gasteiger partial charge >= 0.3 is 6.18 Å². The Balaban J connectivity index is 2.06. The lowest BCUT2D eigenvalue weighted by Gasteiger charge is -2.37. The molecule has 0 radical (unpaired) electrons. The molecule has 2 aliphatic heterocycles. The van der Waals surface area contributed by atoms with E-state index in [2.05, 4.69) is 4.98 Å². The maximum absolute atomic E-state index is 13.7. The van der Waals surface area contributed by atoms with Gasteiger partial charge in [-0.25, -0.2) is 4.98 Å². The van der Waals surface area contributed by atoms with Crippen LogP contribution in [-0.4, -0.2) is 85.3 Å². The molecule has 0 saturated carbocycles. The first-order chi connectivity index (χ1) is 15.0. The first-order valence-electron chi connectivity index (χ1n) is 10.4. The van der Waals surface area contributed by atoms with Gasteiger partial charge in [-0.2, -0.15) is 13.2 Å². The molecule has 32 heavy (non-hydrogen) atoms. The molecular formula is C21H28F3N3O5. The number of hydrogen-bond donors (Lipinski definition) is 0. The summed E-state index contributed by atoms with van der Waals surface area (Å²) in [5.41, 5.74) is -1.91. The Morgan fingerprint density at radius 1 is 1.19 bits per heavy atom. The number of pyridine rings is 1. The van der Waals surface area contributed by atoms with Crippen LogP contribution in [0, 0.1) is 0 Å². The van der Waals surface area contributed by atoms with Crippen LogP contribution >= 0.6 is 0 Å². The van der Waals surface area contributed by atoms with E-state index >= 15 is 0 Å². The maximum atomic E-state index is 13.7. The highest BCUT2D eigenvalue weighted by molar-refractivity contribution is 6.00. The molecule has 0 aromatic carbocycles. The number of fused-ring (bicyclic) bond motifs is 3. The van der Waals surface area contributed by atoms with Crippen molar-refractivity contribution < 1.29 is 37.0 Å². The summed E-state index contributed by atoms with van der Waals surface area (Å²) in [4.78, 5) is 32.3. The number of likely N-dealkylation sites (N-methyl/N-ethyl adjacent to an activating group) is 2. The van der Waals surface area contributed by atoms with Gasteiger partial charge in [0.1, 0.15) is 24.3 Å². The van der Waals surface area contributed by atoms with Gasteiger partial charge in [0.25, 0.3) is 5.91 Å². The molecule has 8 nitrogen and oxygen atoms in total. The molecule has 2 amide bonds. The molecule has 3 rings (SSSR count). The zero-order valence-electron chi connectivity index (χ0n) is 18.5. The summed E-state index contributed by atoms with van der Waals surface area (Å²) in [6.07, 6.45) is -2.93. The molecular weight excluding hydrogens is 431 g/mol. The lowest BCUT2D eigenvalue weighted by Crippen LogP contribution is -2.49. The summed E-state index contributed by atoms with van der Waals surface area (Å²) in [5.74, 6) is -1.85. The predicted molar refractivity (Wildman–Crippen MR) is 107 cm³/mol. The lowest BCUT2D eigenvalue weighted by atomic mass is 9.99. The summed E-state index contributed by atoms with van der Waals surface area (Å²) in [7, 11) is 4.42. The van der Waals surface area contributed by atoms with Crippen LogP contribution in [0.5, 0.6) is 5.88 Å². The third kappa shape index (κ3) is 4.98. The first-order valence-corrected chi connectivity index (χ1v) is 10.4. The van der Waals surface area contributed by atoms with Gasteiger partial charge in [0.05, 0.1) is 17.8 Å². The number of alkyl halides is 3. The number of methoxy groups -OCH3 is 1. The Hall–Kier alpha value is -2.40. The van der Waals surface area contributed by atoms with Crippen LogP contribution in [0.2, 0.25) is 0 Å². The molecule has 178 valence electrons. The average Bonchev–Trinajstić information content (AvgIpc) is 2.77. The van der Waals surface area contributed by atoms with Crippen LogP contribution in [0.3, 0.4) is 0 Å². The minimum absolute atomic E-state index is 0.127. The van der Waals surface area contributed by atoms with Crippen molar-refractivity contribution in [1.82, 2.24) is 14.8 Å². The molecule has 1 aromatic rings. The van der Waals surface area contributed by atoms with Crippen LogP contribution in [0.25, 0.3) is 0 Å². The molecule has 0 unspecified atom stereocenters. The summed E-state index contributed by atoms with van der Waals surface area (Å²) in [5, 5.41) is 0. The maximum Gasteiger partial charge on any atom is 0.417 e. The number of nitrogens with zero attached hydrogens (tertiary/aromatic N) is 3. The second-order valence-electron chi connectivity index (χ2n) is 8.14. The highest BCUT2D eigenvalue weighted by Gasteiger charge is 2.41. The molecule has 3 heterocycles. The van der Waals surface area contributed by atoms with Gasteiger partial charge in [0.15, 0.2) is 0 Å². The molecule has 1 aromatic heterocycles. The Morgan fingerprint density at radius 2 is 1.91 bits per heavy atom. The standard InChI is InChI=1S/C21H28F3N3O5/c1-12-19(28)26(2)10-8-13-5-6-15(30-4)16(32-13)11-31-18-17(20(29)27(12)3)14(7-9-25-18)21(22,23)24/h7,9,12-13,15-16H,5-6,8,10-11H2,1-4H3/t12-,13+,15+,16+/m1/s1. The monoisotopic (exact) mass is 459 g/mol. The topological polar surface area (TPSA) is 81.2 Å². The molecule has 0 N–H and O–H groups in total. The van der Waals surface area contributed by atoms with E-state index in [0.29, 0.717) is 19.4 Å². The Bertz CT molecular complexity index is 850. The van der Waals surface area contributed by atoms with Crippen molar-refractivity contribution in [2.24, 2.45) is 0 Å². The van der Waals surface area contributed by atoms with E-state index in [9.17, 15) is 22.8 Å². The predicted octanol–water partition coefficient (Wildman–Crippen LogP) is 2.36. The number of carbonyl (C=O) groups is 2. The third-order valence-electron chi connectivity index (χ3n) is 6.10. The smallest absolute Gasteiger partial charge is 0.417 e. The number of ether oxygens (including phenoxy) is 3. The normalized spacial score (nSPS) is 28.1. The van der Waals surface area contributed by atoms with E-state index in [1.807, 2.05) is 0 Å². The molecule has 2 bridgehead atoms. The van der Waals surface area contributed by atoms with Crippen molar-refractivity contribution in [2.75, 3.05) is 34.4 Å². The Kier molecular flexibility index (Phi) is 7.29. The van der Waals surface area contributed by atoms with Crippen LogP contribution in [0.1, 0.15) is 42.1 Å². The van der Waals surface area contributed by atoms with Gasteiger partial charge in [-0.3, -0.25) is 9.59 Å². The van der Waals surface area contributed by atoms with Crippen LogP contribution in [-0.2, 0) is 20.4 Å². The van der Waals surface area contributed by atoms with Crippen LogP contribution in [0.4, 0.5) is 13.2 Å². The van der Waals surface area contributed by atoms with Gasteiger partial charge in [0.2, 0.25) is 11.8 Å². The van der Waals surface area contributed by atoms with Crippen molar-refractivity contribution in [3.8, 4) is 5.88 Å². The van der Waals surface area contributed by atoms with E-state index in [1.54, 1.807) is 7.05 Å². The molecule has 11 heteroatoms. The molecule has 1 fully saturated rings. The van der Waals surface area contributed by atoms with E-state index in [0.717, 1.165) is 23.6 Å². The number of rotatable bonds is 1. The fourth-order valence-corrected chi connectivity index (χ4v) is 4.01. The second kappa shape index (κ2) is 9.62. The lowest BCUT2D eigenvalue weighted by molar-refractivity contribution is -0.147. The van der Waals surface area contributed by atoms with E-state index in [1.165, 1.54) is 26.0 Å². The summed E-state index contributed by atoms with van der Waals surface area (Å²) < 4.78 is 58.4. The van der Waals surface area contributed by atoms with Gasteiger partial charge in [-0.05, 0) is 32.3 Å². The van der Waals surface area contributed by atoms with Crippen molar-refractivity contribution in [1.29, 1.82) is 0 Å². The largest absolute Gasteiger partial charge is 0.474 e. The van der Waals surface area contributed by atoms with Crippen molar-refractivity contribution in [3.05, 3.63) is 23.4 Å². The molecule has 0 aliphatic carbocycles. The van der Waals surface area contributed by atoms with Gasteiger partial charge in [0, 0.05) is 33.9 Å². The SMILES string of the molecule is CO[C@H]1CC[C@H]2CCN(C)C(=O)[C@@H](C)N(C)C(=O)c3c(C(F)(F)F)ccnc3OC[C@@H]1O2. The zero-order chi connectivity index (χ0) is 23.6. The first kappa shape index (κ1) is 24.2. The number of halogens is 3. The third-order valence-corrected chi connectivity index (χ3v) is 6.10. The van der Waals surface area contributed by atoms with Gasteiger partial charge < -0.3 is 24.0 Å². The minimum atomic E-state index is -4.82. The summed E-state index contributed by atoms with van der Waals surface area (Å²) in [6, 6.07) is -0.261. The molecule has 2 aliphatic rings. The number of hydrogen-bond acceptors (Lipinski definition) is 6. The highest BCUT2D eigenvalue weighted by atomic mass is 19.4. The fraction of sp³-hybridized carbons (Fsp3) is 0.667. The van der Waals surface area contributed by atoms with E-state index < -0.39 is 41.2 Å². The number of amides is 2. The average molecular weight is 459 g/mol. The summed E-state index contributed by atoms with van der Waals surface area (Å²) in [6.45, 7) is 1.73. The molecule has 4 atom stereocenters. The second-order valence-corrected chi connectivity index (χ2v) is 8.14.